The molecule has 1 amide bonds. The van der Waals surface area contributed by atoms with Gasteiger partial charge in [-0.25, -0.2) is 0 Å². The molecule has 2 aromatic rings. The Bertz CT molecular complexity index is 786. The molecule has 0 aromatic heterocycles. The number of esters is 1. The fourth-order valence-corrected chi connectivity index (χ4v) is 2.31. The number of benzene rings is 2. The first-order valence-corrected chi connectivity index (χ1v) is 7.58. The number of nitrogens with zero attached hydrogens (tertiary/aromatic N) is 1. The van der Waals surface area contributed by atoms with E-state index >= 15 is 0 Å². The molecule has 0 radical (unpaired) electrons. The van der Waals surface area contributed by atoms with Gasteiger partial charge in [0.15, 0.2) is 5.78 Å². The monoisotopic (exact) mass is 341 g/mol. The van der Waals surface area contributed by atoms with Crippen LogP contribution in [0.4, 0.5) is 0 Å². The van der Waals surface area contributed by atoms with Crippen LogP contribution in [0.25, 0.3) is 0 Å². The van der Waals surface area contributed by atoms with Crippen LogP contribution in [0.15, 0.2) is 48.5 Å². The predicted molar refractivity (Wildman–Crippen MR) is 91.8 cm³/mol. The fourth-order valence-electron chi connectivity index (χ4n) is 2.31. The molecule has 0 saturated heterocycles. The normalized spacial score (nSPS) is 10.0. The van der Waals surface area contributed by atoms with Gasteiger partial charge in [0.25, 0.3) is 5.91 Å². The molecule has 0 heterocycles. The third kappa shape index (κ3) is 4.23. The number of amides is 1. The van der Waals surface area contributed by atoms with Crippen LogP contribution in [-0.2, 0) is 9.53 Å². The molecule has 0 unspecified atom stereocenters. The Kier molecular flexibility index (Phi) is 5.89. The first-order chi connectivity index (χ1) is 12.0. The molecule has 0 saturated carbocycles. The van der Waals surface area contributed by atoms with Gasteiger partial charge >= 0.3 is 5.97 Å². The van der Waals surface area contributed by atoms with Crippen LogP contribution in [0.2, 0.25) is 0 Å². The van der Waals surface area contributed by atoms with E-state index in [0.29, 0.717) is 11.3 Å². The van der Waals surface area contributed by atoms with Crippen molar-refractivity contribution in [1.29, 1.82) is 0 Å². The number of hydrogen-bond acceptors (Lipinski definition) is 5. The Balaban J connectivity index is 2.43. The maximum absolute atomic E-state index is 12.8. The average molecular weight is 341 g/mol. The molecule has 0 aliphatic heterocycles. The molecule has 6 nitrogen and oxygen atoms in total. The molecular weight excluding hydrogens is 322 g/mol. The highest BCUT2D eigenvalue weighted by atomic mass is 16.5. The molecule has 2 aromatic carbocycles. The van der Waals surface area contributed by atoms with Crippen LogP contribution in [0.1, 0.15) is 26.3 Å². The summed E-state index contributed by atoms with van der Waals surface area (Å²) >= 11 is 0. The Labute approximate surface area is 146 Å². The van der Waals surface area contributed by atoms with Crippen LogP contribution < -0.4 is 4.74 Å². The molecule has 0 aliphatic rings. The predicted octanol–water partition coefficient (Wildman–Crippen LogP) is 2.17. The van der Waals surface area contributed by atoms with E-state index in [1.807, 2.05) is 0 Å². The summed E-state index contributed by atoms with van der Waals surface area (Å²) in [6.45, 7) is -0.217. The maximum atomic E-state index is 12.8. The Morgan fingerprint density at radius 1 is 0.960 bits per heavy atom. The lowest BCUT2D eigenvalue weighted by Crippen LogP contribution is -2.33. The molecule has 130 valence electrons. The fraction of sp³-hybridized carbons (Fsp3) is 0.211. The molecule has 0 N–H and O–H groups in total. The van der Waals surface area contributed by atoms with Crippen LogP contribution in [0, 0.1) is 0 Å². The molecule has 0 atom stereocenters. The summed E-state index contributed by atoms with van der Waals surface area (Å²) in [5.41, 5.74) is 0.880. The number of carbonyl (C=O) groups is 3. The number of carbonyl (C=O) groups excluding carboxylic acids is 3. The smallest absolute Gasteiger partial charge is 0.325 e. The standard InChI is InChI=1S/C19H19NO5/c1-20(12-17(21)25-3)19(23)16-11-14(24-2)9-10-15(16)18(22)13-7-5-4-6-8-13/h4-11H,12H2,1-3H3. The summed E-state index contributed by atoms with van der Waals surface area (Å²) < 4.78 is 9.73. The zero-order valence-corrected chi connectivity index (χ0v) is 14.3. The molecule has 25 heavy (non-hydrogen) atoms. The topological polar surface area (TPSA) is 72.9 Å². The van der Waals surface area contributed by atoms with Gasteiger partial charge in [-0.1, -0.05) is 30.3 Å². The third-order valence-electron chi connectivity index (χ3n) is 3.68. The van der Waals surface area contributed by atoms with Crippen LogP contribution in [-0.4, -0.2) is 50.4 Å². The SMILES string of the molecule is COC(=O)CN(C)C(=O)c1cc(OC)ccc1C(=O)c1ccccc1. The van der Waals surface area contributed by atoms with Crippen molar-refractivity contribution in [2.45, 2.75) is 0 Å². The Morgan fingerprint density at radius 2 is 1.64 bits per heavy atom. The van der Waals surface area contributed by atoms with Crippen LogP contribution >= 0.6 is 0 Å². The van der Waals surface area contributed by atoms with Crippen LogP contribution in [0.3, 0.4) is 0 Å². The minimum absolute atomic E-state index is 0.166. The van der Waals surface area contributed by atoms with E-state index in [9.17, 15) is 14.4 Å². The maximum Gasteiger partial charge on any atom is 0.325 e. The Morgan fingerprint density at radius 3 is 2.24 bits per heavy atom. The third-order valence-corrected chi connectivity index (χ3v) is 3.68. The lowest BCUT2D eigenvalue weighted by Gasteiger charge is -2.18. The first kappa shape index (κ1) is 18.2. The largest absolute Gasteiger partial charge is 0.497 e. The van der Waals surface area contributed by atoms with Crippen molar-refractivity contribution < 1.29 is 23.9 Å². The number of hydrogen-bond donors (Lipinski definition) is 0. The van der Waals surface area contributed by atoms with Crippen LogP contribution in [0.5, 0.6) is 5.75 Å². The minimum Gasteiger partial charge on any atom is -0.497 e. The number of likely N-dealkylation sites (N-methyl/N-ethyl adjacent to an activating group) is 1. The second-order valence-electron chi connectivity index (χ2n) is 5.34. The molecular formula is C19H19NO5. The zero-order chi connectivity index (χ0) is 18.4. The molecule has 0 aliphatic carbocycles. The van der Waals surface area contributed by atoms with Crippen molar-refractivity contribution in [2.24, 2.45) is 0 Å². The van der Waals surface area contributed by atoms with Crippen molar-refractivity contribution in [3.63, 3.8) is 0 Å². The van der Waals surface area contributed by atoms with E-state index in [2.05, 4.69) is 4.74 Å². The quantitative estimate of drug-likeness (QED) is 0.595. The van der Waals surface area contributed by atoms with E-state index in [1.165, 1.54) is 32.2 Å². The van der Waals surface area contributed by atoms with Gasteiger partial charge in [0.1, 0.15) is 12.3 Å². The summed E-state index contributed by atoms with van der Waals surface area (Å²) in [5, 5.41) is 0. The van der Waals surface area contributed by atoms with E-state index in [4.69, 9.17) is 4.74 Å². The van der Waals surface area contributed by atoms with Gasteiger partial charge in [0.2, 0.25) is 0 Å². The van der Waals surface area contributed by atoms with E-state index in [-0.39, 0.29) is 23.5 Å². The molecule has 2 rings (SSSR count). The number of rotatable bonds is 6. The molecule has 6 heteroatoms. The summed E-state index contributed by atoms with van der Waals surface area (Å²) in [6, 6.07) is 13.3. The number of ketones is 1. The molecule has 0 fully saturated rings. The van der Waals surface area contributed by atoms with Gasteiger partial charge in [-0.05, 0) is 18.2 Å². The Hall–Kier alpha value is -3.15. The van der Waals surface area contributed by atoms with Gasteiger partial charge in [-0.3, -0.25) is 14.4 Å². The summed E-state index contributed by atoms with van der Waals surface area (Å²) in [7, 11) is 4.19. The summed E-state index contributed by atoms with van der Waals surface area (Å²) in [6.07, 6.45) is 0. The van der Waals surface area contributed by atoms with Gasteiger partial charge in [0.05, 0.1) is 19.8 Å². The van der Waals surface area contributed by atoms with Crippen molar-refractivity contribution in [3.8, 4) is 5.75 Å². The molecule has 0 bridgehead atoms. The number of methoxy groups -OCH3 is 2. The zero-order valence-electron chi connectivity index (χ0n) is 14.3. The summed E-state index contributed by atoms with van der Waals surface area (Å²) in [4.78, 5) is 38.1. The number of ether oxygens (including phenoxy) is 2. The second-order valence-corrected chi connectivity index (χ2v) is 5.34. The van der Waals surface area contributed by atoms with Gasteiger partial charge in [-0.15, -0.1) is 0 Å². The second kappa shape index (κ2) is 8.10. The highest BCUT2D eigenvalue weighted by Gasteiger charge is 2.23. The van der Waals surface area contributed by atoms with E-state index < -0.39 is 11.9 Å². The van der Waals surface area contributed by atoms with E-state index in [1.54, 1.807) is 42.5 Å². The van der Waals surface area contributed by atoms with Gasteiger partial charge < -0.3 is 14.4 Å². The first-order valence-electron chi connectivity index (χ1n) is 7.58. The lowest BCUT2D eigenvalue weighted by molar-refractivity contribution is -0.141. The molecule has 0 spiro atoms. The average Bonchev–Trinajstić information content (AvgIpc) is 2.66. The lowest BCUT2D eigenvalue weighted by atomic mass is 9.97. The van der Waals surface area contributed by atoms with Crippen molar-refractivity contribution in [1.82, 2.24) is 4.90 Å². The van der Waals surface area contributed by atoms with Crippen molar-refractivity contribution in [2.75, 3.05) is 27.8 Å². The van der Waals surface area contributed by atoms with Gasteiger partial charge in [0, 0.05) is 18.2 Å². The summed E-state index contributed by atoms with van der Waals surface area (Å²) in [5.74, 6) is -0.851. The van der Waals surface area contributed by atoms with Crippen molar-refractivity contribution in [3.05, 3.63) is 65.2 Å². The highest BCUT2D eigenvalue weighted by Crippen LogP contribution is 2.22. The minimum atomic E-state index is -0.547. The van der Waals surface area contributed by atoms with Crippen molar-refractivity contribution >= 4 is 17.7 Å². The van der Waals surface area contributed by atoms with E-state index in [0.717, 1.165) is 0 Å². The highest BCUT2D eigenvalue weighted by molar-refractivity contribution is 6.15. The van der Waals surface area contributed by atoms with Gasteiger partial charge in [-0.2, -0.15) is 0 Å².